The van der Waals surface area contributed by atoms with E-state index in [1.165, 1.54) is 12.8 Å². The molecule has 1 aromatic heterocycles. The van der Waals surface area contributed by atoms with Gasteiger partial charge in [-0.25, -0.2) is 9.97 Å². The molecular formula is C10H16N4. The molecule has 0 spiro atoms. The molecular weight excluding hydrogens is 176 g/mol. The lowest BCUT2D eigenvalue weighted by Gasteiger charge is -2.03. The van der Waals surface area contributed by atoms with Crippen molar-refractivity contribution in [3.63, 3.8) is 0 Å². The number of nitrogens with zero attached hydrogens (tertiary/aromatic N) is 2. The van der Waals surface area contributed by atoms with Crippen LogP contribution in [0.15, 0.2) is 6.07 Å². The molecule has 1 heterocycles. The zero-order valence-electron chi connectivity index (χ0n) is 8.24. The number of hydrogen-bond donors (Lipinski definition) is 2. The van der Waals surface area contributed by atoms with Gasteiger partial charge in [-0.3, -0.25) is 0 Å². The molecule has 0 bridgehead atoms. The molecule has 4 nitrogen and oxygen atoms in total. The van der Waals surface area contributed by atoms with E-state index in [1.54, 1.807) is 0 Å². The molecule has 0 radical (unpaired) electrons. The molecule has 76 valence electrons. The molecule has 1 aliphatic carbocycles. The van der Waals surface area contributed by atoms with Crippen molar-refractivity contribution in [3.8, 4) is 0 Å². The Morgan fingerprint density at radius 2 is 2.14 bits per heavy atom. The van der Waals surface area contributed by atoms with Crippen LogP contribution in [0.1, 0.15) is 24.4 Å². The van der Waals surface area contributed by atoms with Crippen molar-refractivity contribution in [1.82, 2.24) is 9.97 Å². The molecule has 1 aromatic rings. The summed E-state index contributed by atoms with van der Waals surface area (Å²) in [4.78, 5) is 8.57. The molecule has 0 amide bonds. The van der Waals surface area contributed by atoms with Crippen LogP contribution in [-0.4, -0.2) is 16.5 Å². The standard InChI is InChI=1S/C10H16N4/c11-4-3-10-13-8(5-7-1-2-7)6-9(12)14-10/h6-7H,1-5,11H2,(H2,12,13,14). The van der Waals surface area contributed by atoms with Gasteiger partial charge in [-0.2, -0.15) is 0 Å². The summed E-state index contributed by atoms with van der Waals surface area (Å²) >= 11 is 0. The van der Waals surface area contributed by atoms with E-state index in [-0.39, 0.29) is 0 Å². The lowest BCUT2D eigenvalue weighted by atomic mass is 10.2. The van der Waals surface area contributed by atoms with Crippen LogP contribution in [-0.2, 0) is 12.8 Å². The molecule has 0 aliphatic heterocycles. The summed E-state index contributed by atoms with van der Waals surface area (Å²) in [6.45, 7) is 0.576. The third kappa shape index (κ3) is 2.42. The topological polar surface area (TPSA) is 77.8 Å². The summed E-state index contributed by atoms with van der Waals surface area (Å²) in [5, 5.41) is 0. The lowest BCUT2D eigenvalue weighted by molar-refractivity contribution is 0.773. The van der Waals surface area contributed by atoms with Crippen LogP contribution in [0, 0.1) is 5.92 Å². The zero-order valence-corrected chi connectivity index (χ0v) is 8.24. The first kappa shape index (κ1) is 9.40. The second-order valence-electron chi connectivity index (χ2n) is 3.89. The molecule has 4 heteroatoms. The Hall–Kier alpha value is -1.16. The molecule has 4 N–H and O–H groups in total. The van der Waals surface area contributed by atoms with Gasteiger partial charge in [0.15, 0.2) is 0 Å². The van der Waals surface area contributed by atoms with Crippen LogP contribution in [0.5, 0.6) is 0 Å². The predicted octanol–water partition coefficient (Wildman–Crippen LogP) is 0.512. The Kier molecular flexibility index (Phi) is 2.63. The highest BCUT2D eigenvalue weighted by molar-refractivity contribution is 5.30. The third-order valence-electron chi connectivity index (χ3n) is 2.41. The average molecular weight is 192 g/mol. The first-order chi connectivity index (χ1) is 6.78. The summed E-state index contributed by atoms with van der Waals surface area (Å²) in [5.74, 6) is 2.18. The van der Waals surface area contributed by atoms with Crippen LogP contribution >= 0.6 is 0 Å². The van der Waals surface area contributed by atoms with Gasteiger partial charge >= 0.3 is 0 Å². The maximum absolute atomic E-state index is 5.69. The largest absolute Gasteiger partial charge is 0.384 e. The van der Waals surface area contributed by atoms with Gasteiger partial charge in [0.2, 0.25) is 0 Å². The summed E-state index contributed by atoms with van der Waals surface area (Å²) in [6, 6.07) is 1.87. The van der Waals surface area contributed by atoms with E-state index in [1.807, 2.05) is 6.07 Å². The number of nitrogens with two attached hydrogens (primary N) is 2. The minimum atomic E-state index is 0.569. The minimum Gasteiger partial charge on any atom is -0.384 e. The highest BCUT2D eigenvalue weighted by Crippen LogP contribution is 2.32. The van der Waals surface area contributed by atoms with Crippen molar-refractivity contribution < 1.29 is 0 Å². The predicted molar refractivity (Wildman–Crippen MR) is 55.6 cm³/mol. The first-order valence-corrected chi connectivity index (χ1v) is 5.10. The SMILES string of the molecule is NCCc1nc(N)cc(CC2CC2)n1. The van der Waals surface area contributed by atoms with E-state index in [0.29, 0.717) is 18.8 Å². The van der Waals surface area contributed by atoms with Gasteiger partial charge in [0, 0.05) is 18.2 Å². The van der Waals surface area contributed by atoms with E-state index < -0.39 is 0 Å². The summed E-state index contributed by atoms with van der Waals surface area (Å²) in [5.41, 5.74) is 12.2. The van der Waals surface area contributed by atoms with Gasteiger partial charge in [-0.15, -0.1) is 0 Å². The van der Waals surface area contributed by atoms with E-state index in [0.717, 1.165) is 23.9 Å². The molecule has 14 heavy (non-hydrogen) atoms. The third-order valence-corrected chi connectivity index (χ3v) is 2.41. The molecule has 2 rings (SSSR count). The highest BCUT2D eigenvalue weighted by Gasteiger charge is 2.22. The summed E-state index contributed by atoms with van der Waals surface area (Å²) in [6.07, 6.45) is 4.42. The fourth-order valence-electron chi connectivity index (χ4n) is 1.54. The summed E-state index contributed by atoms with van der Waals surface area (Å²) < 4.78 is 0. The van der Waals surface area contributed by atoms with Gasteiger partial charge in [-0.05, 0) is 31.7 Å². The van der Waals surface area contributed by atoms with Crippen LogP contribution in [0.4, 0.5) is 5.82 Å². The Morgan fingerprint density at radius 1 is 1.36 bits per heavy atom. The quantitative estimate of drug-likeness (QED) is 0.728. The second-order valence-corrected chi connectivity index (χ2v) is 3.89. The van der Waals surface area contributed by atoms with Crippen molar-refractivity contribution in [2.45, 2.75) is 25.7 Å². The zero-order chi connectivity index (χ0) is 9.97. The molecule has 1 fully saturated rings. The fourth-order valence-corrected chi connectivity index (χ4v) is 1.54. The van der Waals surface area contributed by atoms with E-state index in [9.17, 15) is 0 Å². The maximum atomic E-state index is 5.69. The number of nitrogen functional groups attached to an aromatic ring is 1. The van der Waals surface area contributed by atoms with Gasteiger partial charge in [0.25, 0.3) is 0 Å². The van der Waals surface area contributed by atoms with Crippen molar-refractivity contribution in [2.75, 3.05) is 12.3 Å². The minimum absolute atomic E-state index is 0.569. The van der Waals surface area contributed by atoms with Crippen LogP contribution in [0.25, 0.3) is 0 Å². The monoisotopic (exact) mass is 192 g/mol. The van der Waals surface area contributed by atoms with Gasteiger partial charge < -0.3 is 11.5 Å². The van der Waals surface area contributed by atoms with Crippen molar-refractivity contribution in [3.05, 3.63) is 17.6 Å². The molecule has 1 aliphatic rings. The number of aromatic nitrogens is 2. The van der Waals surface area contributed by atoms with Crippen molar-refractivity contribution >= 4 is 5.82 Å². The highest BCUT2D eigenvalue weighted by atomic mass is 14.9. The number of anilines is 1. The molecule has 0 saturated heterocycles. The van der Waals surface area contributed by atoms with E-state index in [2.05, 4.69) is 9.97 Å². The molecule has 0 unspecified atom stereocenters. The van der Waals surface area contributed by atoms with E-state index >= 15 is 0 Å². The molecule has 1 saturated carbocycles. The maximum Gasteiger partial charge on any atom is 0.132 e. The Labute approximate surface area is 83.7 Å². The fraction of sp³-hybridized carbons (Fsp3) is 0.600. The number of rotatable bonds is 4. The summed E-state index contributed by atoms with van der Waals surface area (Å²) in [7, 11) is 0. The smallest absolute Gasteiger partial charge is 0.132 e. The van der Waals surface area contributed by atoms with Crippen LogP contribution in [0.2, 0.25) is 0 Å². The second kappa shape index (κ2) is 3.92. The van der Waals surface area contributed by atoms with Crippen molar-refractivity contribution in [2.24, 2.45) is 11.7 Å². The van der Waals surface area contributed by atoms with Crippen molar-refractivity contribution in [1.29, 1.82) is 0 Å². The molecule has 0 atom stereocenters. The Balaban J connectivity index is 2.12. The lowest BCUT2D eigenvalue weighted by Crippen LogP contribution is -2.09. The van der Waals surface area contributed by atoms with E-state index in [4.69, 9.17) is 11.5 Å². The number of hydrogen-bond acceptors (Lipinski definition) is 4. The Morgan fingerprint density at radius 3 is 2.79 bits per heavy atom. The average Bonchev–Trinajstić information content (AvgIpc) is 2.87. The normalized spacial score (nSPS) is 15.8. The van der Waals surface area contributed by atoms with Gasteiger partial charge in [0.05, 0.1) is 0 Å². The van der Waals surface area contributed by atoms with Crippen LogP contribution < -0.4 is 11.5 Å². The first-order valence-electron chi connectivity index (χ1n) is 5.10. The Bertz CT molecular complexity index is 320. The van der Waals surface area contributed by atoms with Gasteiger partial charge in [-0.1, -0.05) is 0 Å². The molecule has 0 aromatic carbocycles. The van der Waals surface area contributed by atoms with Crippen LogP contribution in [0.3, 0.4) is 0 Å². The van der Waals surface area contributed by atoms with Gasteiger partial charge in [0.1, 0.15) is 11.6 Å².